The Hall–Kier alpha value is -1.49. The van der Waals surface area contributed by atoms with E-state index in [2.05, 4.69) is 12.6 Å². The standard InChI is InChI=1S/C9H10O2.CH2O2S/c1-2-7-4-3-5-8(6-7)9(10)11;2-1(3)4/h3-6H,2H2,1H3,(H,10,11);4H,(H,2,3). The molecular weight excluding hydrogens is 216 g/mol. The number of thiol groups is 1. The molecule has 0 aliphatic rings. The van der Waals surface area contributed by atoms with E-state index in [0.29, 0.717) is 5.56 Å². The Morgan fingerprint density at radius 3 is 2.27 bits per heavy atom. The van der Waals surface area contributed by atoms with Crippen molar-refractivity contribution in [2.45, 2.75) is 13.3 Å². The lowest BCUT2D eigenvalue weighted by Crippen LogP contribution is -1.96. The second kappa shape index (κ2) is 6.89. The molecule has 0 unspecified atom stereocenters. The number of carbonyl (C=O) groups is 2. The van der Waals surface area contributed by atoms with Crippen LogP contribution in [0.1, 0.15) is 22.8 Å². The molecule has 4 nitrogen and oxygen atoms in total. The highest BCUT2D eigenvalue weighted by Crippen LogP contribution is 2.05. The summed E-state index contributed by atoms with van der Waals surface area (Å²) in [5, 5.41) is 14.7. The second-order valence-corrected chi connectivity index (χ2v) is 3.02. The fourth-order valence-corrected chi connectivity index (χ4v) is 0.924. The number of carboxylic acids is 1. The lowest BCUT2D eigenvalue weighted by atomic mass is 10.1. The number of aryl methyl sites for hydroxylation is 1. The van der Waals surface area contributed by atoms with Crippen molar-refractivity contribution in [2.75, 3.05) is 0 Å². The molecule has 82 valence electrons. The number of benzene rings is 1. The van der Waals surface area contributed by atoms with E-state index in [1.165, 1.54) is 0 Å². The minimum absolute atomic E-state index is 0.365. The molecule has 0 bridgehead atoms. The molecule has 0 fully saturated rings. The third-order valence-corrected chi connectivity index (χ3v) is 1.58. The van der Waals surface area contributed by atoms with Crippen LogP contribution in [0.4, 0.5) is 4.79 Å². The van der Waals surface area contributed by atoms with Crippen molar-refractivity contribution >= 4 is 23.9 Å². The quantitative estimate of drug-likeness (QED) is 0.680. The van der Waals surface area contributed by atoms with Crippen LogP contribution in [-0.4, -0.2) is 21.5 Å². The number of aromatic carboxylic acids is 1. The first-order valence-corrected chi connectivity index (χ1v) is 4.66. The molecule has 0 spiro atoms. The monoisotopic (exact) mass is 228 g/mol. The molecule has 2 N–H and O–H groups in total. The average molecular weight is 228 g/mol. The molecule has 0 amide bonds. The van der Waals surface area contributed by atoms with Crippen LogP contribution in [0.15, 0.2) is 24.3 Å². The predicted octanol–water partition coefficient (Wildman–Crippen LogP) is 2.54. The summed E-state index contributed by atoms with van der Waals surface area (Å²) in [6.07, 6.45) is 0.876. The summed E-state index contributed by atoms with van der Waals surface area (Å²) < 4.78 is 0. The summed E-state index contributed by atoms with van der Waals surface area (Å²) in [5.74, 6) is -0.861. The van der Waals surface area contributed by atoms with Crippen LogP contribution in [0.2, 0.25) is 0 Å². The Kier molecular flexibility index (Phi) is 6.21. The molecule has 1 rings (SSSR count). The van der Waals surface area contributed by atoms with Crippen molar-refractivity contribution < 1.29 is 19.8 Å². The topological polar surface area (TPSA) is 74.6 Å². The van der Waals surface area contributed by atoms with Gasteiger partial charge in [0.2, 0.25) is 0 Å². The third-order valence-electron chi connectivity index (χ3n) is 1.58. The van der Waals surface area contributed by atoms with Crippen LogP contribution in [0.3, 0.4) is 0 Å². The third kappa shape index (κ3) is 6.56. The van der Waals surface area contributed by atoms with Crippen molar-refractivity contribution in [1.82, 2.24) is 0 Å². The second-order valence-electron chi connectivity index (χ2n) is 2.64. The first-order chi connectivity index (χ1) is 6.97. The average Bonchev–Trinajstić information content (AvgIpc) is 2.17. The van der Waals surface area contributed by atoms with Gasteiger partial charge in [-0.15, -0.1) is 0 Å². The van der Waals surface area contributed by atoms with Crippen molar-refractivity contribution in [1.29, 1.82) is 0 Å². The van der Waals surface area contributed by atoms with Gasteiger partial charge in [-0.05, 0) is 24.1 Å². The van der Waals surface area contributed by atoms with Crippen LogP contribution in [0.25, 0.3) is 0 Å². The Bertz CT molecular complexity index is 345. The Labute approximate surface area is 93.0 Å². The smallest absolute Gasteiger partial charge is 0.361 e. The molecule has 0 atom stereocenters. The van der Waals surface area contributed by atoms with Crippen LogP contribution in [0.5, 0.6) is 0 Å². The van der Waals surface area contributed by atoms with Crippen molar-refractivity contribution in [2.24, 2.45) is 0 Å². The van der Waals surface area contributed by atoms with E-state index in [4.69, 9.17) is 15.0 Å². The normalized spacial score (nSPS) is 8.67. The van der Waals surface area contributed by atoms with E-state index in [1.54, 1.807) is 18.2 Å². The van der Waals surface area contributed by atoms with Crippen molar-refractivity contribution in [3.05, 3.63) is 35.4 Å². The SMILES string of the molecule is CCc1cccc(C(=O)O)c1.O=C(O)S. The van der Waals surface area contributed by atoms with E-state index in [-0.39, 0.29) is 0 Å². The Morgan fingerprint density at radius 1 is 1.33 bits per heavy atom. The van der Waals surface area contributed by atoms with Gasteiger partial charge in [0.15, 0.2) is 0 Å². The van der Waals surface area contributed by atoms with Gasteiger partial charge in [0.25, 0.3) is 0 Å². The summed E-state index contributed by atoms with van der Waals surface area (Å²) in [7, 11) is 0. The van der Waals surface area contributed by atoms with Gasteiger partial charge in [-0.2, -0.15) is 0 Å². The van der Waals surface area contributed by atoms with E-state index < -0.39 is 11.3 Å². The largest absolute Gasteiger partial charge is 0.478 e. The Balaban J connectivity index is 0.000000423. The van der Waals surface area contributed by atoms with Crippen molar-refractivity contribution in [3.63, 3.8) is 0 Å². The van der Waals surface area contributed by atoms with Gasteiger partial charge in [0.1, 0.15) is 0 Å². The van der Waals surface area contributed by atoms with E-state index in [9.17, 15) is 4.79 Å². The lowest BCUT2D eigenvalue weighted by Gasteiger charge is -1.97. The van der Waals surface area contributed by atoms with Gasteiger partial charge >= 0.3 is 11.3 Å². The van der Waals surface area contributed by atoms with Gasteiger partial charge < -0.3 is 10.2 Å². The predicted molar refractivity (Wildman–Crippen MR) is 59.8 cm³/mol. The molecular formula is C10H12O4S. The number of carboxylic acid groups (broad SMARTS) is 2. The maximum atomic E-state index is 10.5. The number of hydrogen-bond donors (Lipinski definition) is 3. The first kappa shape index (κ1) is 13.5. The van der Waals surface area contributed by atoms with Crippen LogP contribution < -0.4 is 0 Å². The fraction of sp³-hybridized carbons (Fsp3) is 0.200. The minimum Gasteiger partial charge on any atom is -0.478 e. The summed E-state index contributed by atoms with van der Waals surface area (Å²) >= 11 is 2.88. The molecule has 1 aromatic carbocycles. The zero-order chi connectivity index (χ0) is 11.8. The highest BCUT2D eigenvalue weighted by Gasteiger charge is 2.00. The molecule has 1 aromatic rings. The maximum Gasteiger partial charge on any atom is 0.361 e. The van der Waals surface area contributed by atoms with Gasteiger partial charge in [-0.1, -0.05) is 31.7 Å². The number of rotatable bonds is 2. The van der Waals surface area contributed by atoms with Gasteiger partial charge in [0.05, 0.1) is 5.56 Å². The summed E-state index contributed by atoms with van der Waals surface area (Å²) in [4.78, 5) is 19.3. The fourth-order valence-electron chi connectivity index (χ4n) is 0.924. The maximum absolute atomic E-state index is 10.5. The molecule has 0 saturated carbocycles. The van der Waals surface area contributed by atoms with Crippen molar-refractivity contribution in [3.8, 4) is 0 Å². The van der Waals surface area contributed by atoms with E-state index in [1.807, 2.05) is 13.0 Å². The molecule has 0 aromatic heterocycles. The molecule has 5 heteroatoms. The zero-order valence-corrected chi connectivity index (χ0v) is 9.07. The molecule has 15 heavy (non-hydrogen) atoms. The van der Waals surface area contributed by atoms with Crippen LogP contribution >= 0.6 is 12.6 Å². The first-order valence-electron chi connectivity index (χ1n) is 4.21. The minimum atomic E-state index is -1.14. The molecule has 0 aliphatic carbocycles. The van der Waals surface area contributed by atoms with Gasteiger partial charge in [0, 0.05) is 0 Å². The summed E-state index contributed by atoms with van der Waals surface area (Å²) in [6, 6.07) is 6.98. The van der Waals surface area contributed by atoms with Crippen LogP contribution in [0, 0.1) is 0 Å². The molecule has 0 aliphatic heterocycles. The lowest BCUT2D eigenvalue weighted by molar-refractivity contribution is 0.0696. The molecule has 0 saturated heterocycles. The number of hydrogen-bond acceptors (Lipinski definition) is 2. The van der Waals surface area contributed by atoms with E-state index >= 15 is 0 Å². The molecule has 0 heterocycles. The Morgan fingerprint density at radius 2 is 1.87 bits per heavy atom. The van der Waals surface area contributed by atoms with E-state index in [0.717, 1.165) is 12.0 Å². The van der Waals surface area contributed by atoms with Gasteiger partial charge in [-0.25, -0.2) is 9.59 Å². The van der Waals surface area contributed by atoms with Gasteiger partial charge in [-0.3, -0.25) is 0 Å². The molecule has 0 radical (unpaired) electrons. The van der Waals surface area contributed by atoms with Crippen LogP contribution in [-0.2, 0) is 6.42 Å². The summed E-state index contributed by atoms with van der Waals surface area (Å²) in [5.41, 5.74) is 1.43. The summed E-state index contributed by atoms with van der Waals surface area (Å²) in [6.45, 7) is 2.00. The zero-order valence-electron chi connectivity index (χ0n) is 8.17. The highest BCUT2D eigenvalue weighted by molar-refractivity contribution is 7.96. The highest BCUT2D eigenvalue weighted by atomic mass is 32.1.